The van der Waals surface area contributed by atoms with E-state index in [-0.39, 0.29) is 17.5 Å². The zero-order valence-corrected chi connectivity index (χ0v) is 16.4. The number of hydrogen-bond acceptors (Lipinski definition) is 8. The Morgan fingerprint density at radius 3 is 2.87 bits per heavy atom. The van der Waals surface area contributed by atoms with Gasteiger partial charge in [-0.25, -0.2) is 4.98 Å². The summed E-state index contributed by atoms with van der Waals surface area (Å²) in [5.74, 6) is 0.820. The number of nitrogens with one attached hydrogen (secondary N) is 2. The van der Waals surface area contributed by atoms with Gasteiger partial charge in [0.15, 0.2) is 17.4 Å². The molecule has 0 atom stereocenters. The highest BCUT2D eigenvalue weighted by molar-refractivity contribution is 6.02. The molecule has 0 bridgehead atoms. The van der Waals surface area contributed by atoms with Crippen molar-refractivity contribution in [2.45, 2.75) is 18.8 Å². The number of fused-ring (bicyclic) bond motifs is 1. The summed E-state index contributed by atoms with van der Waals surface area (Å²) in [4.78, 5) is 17.0. The van der Waals surface area contributed by atoms with Gasteiger partial charge in [-0.05, 0) is 44.1 Å². The molecule has 1 aliphatic heterocycles. The molecule has 0 saturated carbocycles. The van der Waals surface area contributed by atoms with Crippen molar-refractivity contribution in [3.63, 3.8) is 0 Å². The number of aryl methyl sites for hydroxylation is 1. The summed E-state index contributed by atoms with van der Waals surface area (Å²) in [6, 6.07) is 7.49. The number of oxazole rings is 1. The van der Waals surface area contributed by atoms with Crippen LogP contribution >= 0.6 is 0 Å². The number of carbonyl (C=O) groups excluding carboxylic acids is 1. The van der Waals surface area contributed by atoms with Gasteiger partial charge in [-0.15, -0.1) is 15.3 Å². The van der Waals surface area contributed by atoms with Crippen LogP contribution in [0.1, 0.15) is 35.1 Å². The zero-order valence-electron chi connectivity index (χ0n) is 16.4. The van der Waals surface area contributed by atoms with Crippen molar-refractivity contribution in [2.75, 3.05) is 18.4 Å². The quantitative estimate of drug-likeness (QED) is 0.530. The fraction of sp³-hybridized carbons (Fsp3) is 0.300. The summed E-state index contributed by atoms with van der Waals surface area (Å²) in [5, 5.41) is 23.3. The lowest BCUT2D eigenvalue weighted by atomic mass is 9.98. The smallest absolute Gasteiger partial charge is 0.278 e. The highest BCUT2D eigenvalue weighted by atomic mass is 16.3. The van der Waals surface area contributed by atoms with Crippen LogP contribution in [0, 0.1) is 0 Å². The minimum Gasteiger partial charge on any atom is -0.448 e. The van der Waals surface area contributed by atoms with Crippen molar-refractivity contribution in [3.8, 4) is 11.3 Å². The molecule has 0 aliphatic carbocycles. The van der Waals surface area contributed by atoms with E-state index >= 15 is 0 Å². The summed E-state index contributed by atoms with van der Waals surface area (Å²) in [6.07, 6.45) is 5.13. The molecule has 1 saturated heterocycles. The SMILES string of the molecule is Cn1cc(-c2ccc3nnc(NC(=O)c4coc(C5CCNCC5)n4)cc3c2)nn1. The molecular weight excluding hydrogens is 384 g/mol. The molecule has 3 aromatic heterocycles. The monoisotopic (exact) mass is 404 g/mol. The van der Waals surface area contributed by atoms with Crippen LogP contribution in [0.5, 0.6) is 0 Å². The molecule has 152 valence electrons. The Morgan fingerprint density at radius 2 is 2.07 bits per heavy atom. The van der Waals surface area contributed by atoms with Crippen LogP contribution in [-0.4, -0.2) is 49.2 Å². The molecule has 10 nitrogen and oxygen atoms in total. The minimum absolute atomic E-state index is 0.235. The highest BCUT2D eigenvalue weighted by Crippen LogP contribution is 2.25. The third-order valence-electron chi connectivity index (χ3n) is 5.17. The summed E-state index contributed by atoms with van der Waals surface area (Å²) in [5.41, 5.74) is 2.62. The Labute approximate surface area is 171 Å². The number of aromatic nitrogens is 6. The molecule has 30 heavy (non-hydrogen) atoms. The Balaban J connectivity index is 1.35. The number of carbonyl (C=O) groups is 1. The molecule has 1 aliphatic rings. The second-order valence-electron chi connectivity index (χ2n) is 7.33. The molecule has 4 heterocycles. The average Bonchev–Trinajstić information content (AvgIpc) is 3.43. The molecule has 4 aromatic rings. The molecular formula is C20H20N8O2. The lowest BCUT2D eigenvalue weighted by molar-refractivity contribution is 0.102. The molecule has 1 amide bonds. The van der Waals surface area contributed by atoms with E-state index in [1.165, 1.54) is 6.26 Å². The standard InChI is InChI=1S/C20H20N8O2/c1-28-10-16(25-27-28)13-2-3-15-14(8-13)9-18(26-24-15)23-19(29)17-11-30-20(22-17)12-4-6-21-7-5-12/h2-3,8-12,21H,4-7H2,1H3,(H,23,26,29). The van der Waals surface area contributed by atoms with Gasteiger partial charge in [0.25, 0.3) is 5.91 Å². The topological polar surface area (TPSA) is 124 Å². The van der Waals surface area contributed by atoms with Gasteiger partial charge in [0.2, 0.25) is 0 Å². The fourth-order valence-electron chi connectivity index (χ4n) is 3.57. The van der Waals surface area contributed by atoms with Gasteiger partial charge in [-0.1, -0.05) is 11.3 Å². The van der Waals surface area contributed by atoms with Crippen LogP contribution in [0.15, 0.2) is 41.1 Å². The van der Waals surface area contributed by atoms with Crippen molar-refractivity contribution in [3.05, 3.63) is 48.3 Å². The van der Waals surface area contributed by atoms with Gasteiger partial charge in [-0.3, -0.25) is 9.48 Å². The predicted octanol–water partition coefficient (Wildman–Crippen LogP) is 2.13. The average molecular weight is 404 g/mol. The Morgan fingerprint density at radius 1 is 1.20 bits per heavy atom. The van der Waals surface area contributed by atoms with Gasteiger partial charge in [0.1, 0.15) is 12.0 Å². The van der Waals surface area contributed by atoms with Crippen molar-refractivity contribution >= 4 is 22.6 Å². The molecule has 0 radical (unpaired) electrons. The minimum atomic E-state index is -0.377. The molecule has 1 fully saturated rings. The van der Waals surface area contributed by atoms with Gasteiger partial charge >= 0.3 is 0 Å². The van der Waals surface area contributed by atoms with E-state index in [1.807, 2.05) is 31.4 Å². The first kappa shape index (κ1) is 18.4. The first-order valence-electron chi connectivity index (χ1n) is 9.77. The van der Waals surface area contributed by atoms with Gasteiger partial charge in [0, 0.05) is 23.9 Å². The van der Waals surface area contributed by atoms with Crippen LogP contribution in [0.2, 0.25) is 0 Å². The first-order valence-corrected chi connectivity index (χ1v) is 9.77. The number of hydrogen-bond donors (Lipinski definition) is 2. The van der Waals surface area contributed by atoms with E-state index in [1.54, 1.807) is 10.7 Å². The van der Waals surface area contributed by atoms with Gasteiger partial charge in [-0.2, -0.15) is 0 Å². The maximum absolute atomic E-state index is 12.6. The maximum Gasteiger partial charge on any atom is 0.278 e. The molecule has 5 rings (SSSR count). The van der Waals surface area contributed by atoms with Crippen LogP contribution in [-0.2, 0) is 7.05 Å². The molecule has 0 unspecified atom stereocenters. The predicted molar refractivity (Wildman–Crippen MR) is 109 cm³/mol. The second-order valence-corrected chi connectivity index (χ2v) is 7.33. The molecule has 10 heteroatoms. The summed E-state index contributed by atoms with van der Waals surface area (Å²) >= 11 is 0. The summed E-state index contributed by atoms with van der Waals surface area (Å²) < 4.78 is 7.19. The number of amides is 1. The van der Waals surface area contributed by atoms with Crippen molar-refractivity contribution in [2.24, 2.45) is 7.05 Å². The largest absolute Gasteiger partial charge is 0.448 e. The van der Waals surface area contributed by atoms with E-state index in [4.69, 9.17) is 4.42 Å². The summed E-state index contributed by atoms with van der Waals surface area (Å²) in [7, 11) is 1.82. The molecule has 1 aromatic carbocycles. The number of nitrogens with zero attached hydrogens (tertiary/aromatic N) is 6. The van der Waals surface area contributed by atoms with E-state index in [9.17, 15) is 4.79 Å². The van der Waals surface area contributed by atoms with Crippen molar-refractivity contribution in [1.29, 1.82) is 0 Å². The number of benzene rings is 1. The van der Waals surface area contributed by atoms with E-state index in [0.717, 1.165) is 48.1 Å². The van der Waals surface area contributed by atoms with Crippen LogP contribution in [0.4, 0.5) is 5.82 Å². The Bertz CT molecular complexity index is 1210. The number of piperidine rings is 1. The molecule has 0 spiro atoms. The Hall–Kier alpha value is -3.66. The fourth-order valence-corrected chi connectivity index (χ4v) is 3.57. The highest BCUT2D eigenvalue weighted by Gasteiger charge is 2.22. The second kappa shape index (κ2) is 7.64. The van der Waals surface area contributed by atoms with Crippen molar-refractivity contribution < 1.29 is 9.21 Å². The summed E-state index contributed by atoms with van der Waals surface area (Å²) in [6.45, 7) is 1.86. The zero-order chi connectivity index (χ0) is 20.5. The van der Waals surface area contributed by atoms with E-state index in [2.05, 4.69) is 36.1 Å². The first-order chi connectivity index (χ1) is 14.7. The Kier molecular flexibility index (Phi) is 4.68. The lowest BCUT2D eigenvalue weighted by Gasteiger charge is -2.19. The molecule has 2 N–H and O–H groups in total. The van der Waals surface area contributed by atoms with Gasteiger partial charge in [0.05, 0.1) is 11.7 Å². The number of rotatable bonds is 4. The maximum atomic E-state index is 12.6. The third-order valence-corrected chi connectivity index (χ3v) is 5.17. The van der Waals surface area contributed by atoms with Crippen molar-refractivity contribution in [1.82, 2.24) is 35.5 Å². The van der Waals surface area contributed by atoms with Crippen LogP contribution in [0.3, 0.4) is 0 Å². The van der Waals surface area contributed by atoms with Crippen LogP contribution in [0.25, 0.3) is 22.2 Å². The van der Waals surface area contributed by atoms with E-state index in [0.29, 0.717) is 11.7 Å². The van der Waals surface area contributed by atoms with Gasteiger partial charge < -0.3 is 15.1 Å². The van der Waals surface area contributed by atoms with E-state index < -0.39 is 0 Å². The normalized spacial score (nSPS) is 14.8. The number of anilines is 1. The third kappa shape index (κ3) is 3.64. The van der Waals surface area contributed by atoms with Crippen LogP contribution < -0.4 is 10.6 Å². The lowest BCUT2D eigenvalue weighted by Crippen LogP contribution is -2.26.